The second kappa shape index (κ2) is 5.74. The monoisotopic (exact) mass is 324 g/mol. The third-order valence-electron chi connectivity index (χ3n) is 4.25. The SMILES string of the molecule is O=C1CN(C(=O)[C@@H]2SCCc3ccccc32)c2ccccc2N1. The number of fused-ring (bicyclic) bond motifs is 2. The van der Waals surface area contributed by atoms with Crippen LogP contribution in [0, 0.1) is 0 Å². The lowest BCUT2D eigenvalue weighted by Gasteiger charge is -2.33. The topological polar surface area (TPSA) is 49.4 Å². The molecule has 0 saturated carbocycles. The second-order valence-electron chi connectivity index (χ2n) is 5.69. The summed E-state index contributed by atoms with van der Waals surface area (Å²) in [4.78, 5) is 26.7. The van der Waals surface area contributed by atoms with Gasteiger partial charge in [0.2, 0.25) is 11.8 Å². The van der Waals surface area contributed by atoms with Crippen molar-refractivity contribution < 1.29 is 9.59 Å². The Bertz CT molecular complexity index is 790. The molecule has 2 aliphatic heterocycles. The summed E-state index contributed by atoms with van der Waals surface area (Å²) in [5.74, 6) is 0.769. The van der Waals surface area contributed by atoms with E-state index in [1.807, 2.05) is 42.5 Å². The zero-order chi connectivity index (χ0) is 15.8. The van der Waals surface area contributed by atoms with Crippen molar-refractivity contribution in [1.29, 1.82) is 0 Å². The van der Waals surface area contributed by atoms with Crippen LogP contribution < -0.4 is 10.2 Å². The van der Waals surface area contributed by atoms with Crippen molar-refractivity contribution in [2.75, 3.05) is 22.5 Å². The molecule has 2 aliphatic rings. The summed E-state index contributed by atoms with van der Waals surface area (Å²) < 4.78 is 0. The first-order chi connectivity index (χ1) is 11.2. The summed E-state index contributed by atoms with van der Waals surface area (Å²) >= 11 is 1.66. The molecule has 1 N–H and O–H groups in total. The number of aryl methyl sites for hydroxylation is 1. The Hall–Kier alpha value is -2.27. The number of nitrogens with one attached hydrogen (secondary N) is 1. The number of amides is 2. The molecule has 0 spiro atoms. The fourth-order valence-electron chi connectivity index (χ4n) is 3.17. The van der Waals surface area contributed by atoms with Crippen molar-refractivity contribution in [2.45, 2.75) is 11.7 Å². The maximum absolute atomic E-state index is 13.1. The molecule has 2 aromatic rings. The van der Waals surface area contributed by atoms with Crippen LogP contribution >= 0.6 is 11.8 Å². The Morgan fingerprint density at radius 1 is 1.13 bits per heavy atom. The number of benzene rings is 2. The van der Waals surface area contributed by atoms with Crippen LogP contribution in [0.1, 0.15) is 16.4 Å². The van der Waals surface area contributed by atoms with E-state index in [4.69, 9.17) is 0 Å². The van der Waals surface area contributed by atoms with Crippen molar-refractivity contribution in [2.24, 2.45) is 0 Å². The van der Waals surface area contributed by atoms with Gasteiger partial charge in [0.05, 0.1) is 11.4 Å². The normalized spacial score (nSPS) is 19.6. The number of hydrogen-bond acceptors (Lipinski definition) is 3. The van der Waals surface area contributed by atoms with Crippen LogP contribution in [0.5, 0.6) is 0 Å². The van der Waals surface area contributed by atoms with Crippen LogP contribution in [0.3, 0.4) is 0 Å². The molecule has 4 rings (SSSR count). The van der Waals surface area contributed by atoms with Crippen molar-refractivity contribution in [1.82, 2.24) is 0 Å². The van der Waals surface area contributed by atoms with Crippen LogP contribution in [-0.4, -0.2) is 24.1 Å². The van der Waals surface area contributed by atoms with Gasteiger partial charge < -0.3 is 5.32 Å². The molecule has 2 aromatic carbocycles. The molecule has 0 fully saturated rings. The summed E-state index contributed by atoms with van der Waals surface area (Å²) in [6.45, 7) is 0.0784. The van der Waals surface area contributed by atoms with E-state index in [1.165, 1.54) is 5.56 Å². The average molecular weight is 324 g/mol. The van der Waals surface area contributed by atoms with E-state index in [1.54, 1.807) is 16.7 Å². The molecule has 1 atom stereocenters. The van der Waals surface area contributed by atoms with Gasteiger partial charge in [0, 0.05) is 0 Å². The minimum absolute atomic E-state index is 0.00977. The predicted molar refractivity (Wildman–Crippen MR) is 92.8 cm³/mol. The fraction of sp³-hybridized carbons (Fsp3) is 0.222. The number of carbonyl (C=O) groups is 2. The van der Waals surface area contributed by atoms with Gasteiger partial charge in [0.25, 0.3) is 0 Å². The minimum atomic E-state index is -0.237. The highest BCUT2D eigenvalue weighted by molar-refractivity contribution is 8.00. The first-order valence-corrected chi connectivity index (χ1v) is 8.68. The minimum Gasteiger partial charge on any atom is -0.323 e. The fourth-order valence-corrected chi connectivity index (χ4v) is 4.42. The quantitative estimate of drug-likeness (QED) is 0.877. The molecular formula is C18H16N2O2S. The standard InChI is InChI=1S/C18H16N2O2S/c21-16-11-20(15-8-4-3-7-14(15)19-16)18(22)17-13-6-2-1-5-12(13)9-10-23-17/h1-8,17H,9-11H2,(H,19,21)/t17-/m1/s1. The number of hydrogen-bond donors (Lipinski definition) is 1. The number of carbonyl (C=O) groups excluding carboxylic acids is 2. The lowest BCUT2D eigenvalue weighted by Crippen LogP contribution is -2.44. The number of para-hydroxylation sites is 2. The maximum Gasteiger partial charge on any atom is 0.245 e. The van der Waals surface area contributed by atoms with Gasteiger partial charge in [-0.2, -0.15) is 0 Å². The number of thioether (sulfide) groups is 1. The van der Waals surface area contributed by atoms with Crippen LogP contribution in [-0.2, 0) is 16.0 Å². The van der Waals surface area contributed by atoms with E-state index in [9.17, 15) is 9.59 Å². The molecule has 0 bridgehead atoms. The lowest BCUT2D eigenvalue weighted by atomic mass is 10.0. The lowest BCUT2D eigenvalue weighted by molar-refractivity contribution is -0.121. The Morgan fingerprint density at radius 3 is 2.83 bits per heavy atom. The van der Waals surface area contributed by atoms with Gasteiger partial charge in [-0.05, 0) is 35.4 Å². The van der Waals surface area contributed by atoms with E-state index < -0.39 is 0 Å². The van der Waals surface area contributed by atoms with E-state index >= 15 is 0 Å². The zero-order valence-corrected chi connectivity index (χ0v) is 13.3. The van der Waals surface area contributed by atoms with E-state index in [0.717, 1.165) is 23.4 Å². The van der Waals surface area contributed by atoms with Crippen LogP contribution in [0.25, 0.3) is 0 Å². The molecule has 2 heterocycles. The third-order valence-corrected chi connectivity index (χ3v) is 5.48. The van der Waals surface area contributed by atoms with Gasteiger partial charge in [-0.25, -0.2) is 0 Å². The highest BCUT2D eigenvalue weighted by atomic mass is 32.2. The van der Waals surface area contributed by atoms with Gasteiger partial charge in [-0.1, -0.05) is 36.4 Å². The first kappa shape index (κ1) is 14.3. The first-order valence-electron chi connectivity index (χ1n) is 7.64. The smallest absolute Gasteiger partial charge is 0.245 e. The van der Waals surface area contributed by atoms with Crippen molar-refractivity contribution >= 4 is 35.0 Å². The maximum atomic E-state index is 13.1. The molecule has 0 saturated heterocycles. The van der Waals surface area contributed by atoms with Gasteiger partial charge in [-0.15, -0.1) is 11.8 Å². The van der Waals surface area contributed by atoms with Crippen molar-refractivity contribution in [3.05, 3.63) is 59.7 Å². The van der Waals surface area contributed by atoms with Crippen molar-refractivity contribution in [3.63, 3.8) is 0 Å². The largest absolute Gasteiger partial charge is 0.323 e. The molecular weight excluding hydrogens is 308 g/mol. The molecule has 0 unspecified atom stereocenters. The summed E-state index contributed by atoms with van der Waals surface area (Å²) in [6, 6.07) is 15.6. The van der Waals surface area contributed by atoms with Crippen LogP contribution in [0.15, 0.2) is 48.5 Å². The molecule has 5 heteroatoms. The number of nitrogens with zero attached hydrogens (tertiary/aromatic N) is 1. The van der Waals surface area contributed by atoms with Crippen LogP contribution in [0.4, 0.5) is 11.4 Å². The molecule has 2 amide bonds. The second-order valence-corrected chi connectivity index (χ2v) is 6.90. The Kier molecular flexibility index (Phi) is 3.58. The Morgan fingerprint density at radius 2 is 1.91 bits per heavy atom. The van der Waals surface area contributed by atoms with Gasteiger partial charge >= 0.3 is 0 Å². The molecule has 116 valence electrons. The molecule has 0 radical (unpaired) electrons. The van der Waals surface area contributed by atoms with Crippen molar-refractivity contribution in [3.8, 4) is 0 Å². The van der Waals surface area contributed by atoms with Gasteiger partial charge in [-0.3, -0.25) is 14.5 Å². The average Bonchev–Trinajstić information content (AvgIpc) is 2.60. The summed E-state index contributed by atoms with van der Waals surface area (Å²) in [5.41, 5.74) is 3.79. The number of rotatable bonds is 1. The zero-order valence-electron chi connectivity index (χ0n) is 12.5. The molecule has 0 aliphatic carbocycles. The summed E-state index contributed by atoms with van der Waals surface area (Å²) in [5, 5.41) is 2.59. The van der Waals surface area contributed by atoms with Gasteiger partial charge in [0.15, 0.2) is 0 Å². The number of anilines is 2. The highest BCUT2D eigenvalue weighted by Gasteiger charge is 2.34. The van der Waals surface area contributed by atoms with E-state index in [2.05, 4.69) is 11.4 Å². The molecule has 0 aromatic heterocycles. The Labute approximate surface area is 138 Å². The van der Waals surface area contributed by atoms with E-state index in [0.29, 0.717) is 5.69 Å². The Balaban J connectivity index is 1.72. The van der Waals surface area contributed by atoms with Crippen LogP contribution in [0.2, 0.25) is 0 Å². The molecule has 4 nitrogen and oxygen atoms in total. The third kappa shape index (κ3) is 2.51. The predicted octanol–water partition coefficient (Wildman–Crippen LogP) is 3.00. The molecule has 23 heavy (non-hydrogen) atoms. The summed E-state index contributed by atoms with van der Waals surface area (Å²) in [6.07, 6.45) is 0.988. The summed E-state index contributed by atoms with van der Waals surface area (Å²) in [7, 11) is 0. The van der Waals surface area contributed by atoms with Gasteiger partial charge in [0.1, 0.15) is 11.8 Å². The van der Waals surface area contributed by atoms with E-state index in [-0.39, 0.29) is 23.6 Å². The highest BCUT2D eigenvalue weighted by Crippen LogP contribution is 2.40.